The van der Waals surface area contributed by atoms with Gasteiger partial charge in [-0.1, -0.05) is 6.07 Å². The van der Waals surface area contributed by atoms with E-state index in [1.165, 1.54) is 19.2 Å². The summed E-state index contributed by atoms with van der Waals surface area (Å²) in [4.78, 5) is 0. The Hall–Kier alpha value is -1.23. The maximum absolute atomic E-state index is 12.6. The van der Waals surface area contributed by atoms with Gasteiger partial charge in [0.15, 0.2) is 0 Å². The molecule has 2 N–H and O–H groups in total. The van der Waals surface area contributed by atoms with Crippen molar-refractivity contribution in [3.63, 3.8) is 0 Å². The number of halogens is 3. The lowest BCUT2D eigenvalue weighted by Crippen LogP contribution is -2.08. The molecule has 1 aliphatic carbocycles. The van der Waals surface area contributed by atoms with E-state index in [0.29, 0.717) is 12.5 Å². The van der Waals surface area contributed by atoms with Crippen LogP contribution in [-0.4, -0.2) is 13.7 Å². The zero-order valence-corrected chi connectivity index (χ0v) is 9.42. The van der Waals surface area contributed by atoms with Crippen LogP contribution in [0, 0.1) is 5.92 Å². The van der Waals surface area contributed by atoms with Crippen LogP contribution in [0.25, 0.3) is 0 Å². The predicted molar refractivity (Wildman–Crippen MR) is 57.9 cm³/mol. The van der Waals surface area contributed by atoms with E-state index < -0.39 is 11.7 Å². The van der Waals surface area contributed by atoms with Crippen molar-refractivity contribution in [2.45, 2.75) is 18.5 Å². The molecule has 0 radical (unpaired) electrons. The number of alkyl halides is 3. The number of hydrogen-bond donors (Lipinski definition) is 1. The lowest BCUT2D eigenvalue weighted by molar-refractivity contribution is -0.138. The quantitative estimate of drug-likeness (QED) is 0.888. The summed E-state index contributed by atoms with van der Waals surface area (Å²) in [6, 6.07) is 4.08. The highest BCUT2D eigenvalue weighted by molar-refractivity contribution is 5.42. The van der Waals surface area contributed by atoms with E-state index >= 15 is 0 Å². The van der Waals surface area contributed by atoms with Gasteiger partial charge in [-0.3, -0.25) is 0 Å². The number of nitrogens with two attached hydrogens (primary N) is 1. The maximum atomic E-state index is 12.6. The average molecular weight is 245 g/mol. The fourth-order valence-corrected chi connectivity index (χ4v) is 2.09. The van der Waals surface area contributed by atoms with Gasteiger partial charge in [0, 0.05) is 0 Å². The molecular formula is C12H14F3NO. The molecule has 2 rings (SSSR count). The van der Waals surface area contributed by atoms with Crippen molar-refractivity contribution in [2.24, 2.45) is 11.7 Å². The third kappa shape index (κ3) is 2.39. The van der Waals surface area contributed by atoms with Crippen LogP contribution in [0.5, 0.6) is 5.75 Å². The van der Waals surface area contributed by atoms with Crippen LogP contribution >= 0.6 is 0 Å². The third-order valence-corrected chi connectivity index (χ3v) is 3.18. The second-order valence-corrected chi connectivity index (χ2v) is 4.30. The highest BCUT2D eigenvalue weighted by Crippen LogP contribution is 2.48. The first-order valence-electron chi connectivity index (χ1n) is 5.42. The first-order valence-corrected chi connectivity index (χ1v) is 5.42. The van der Waals surface area contributed by atoms with Crippen LogP contribution in [0.2, 0.25) is 0 Å². The van der Waals surface area contributed by atoms with Gasteiger partial charge in [0.2, 0.25) is 0 Å². The predicted octanol–water partition coefficient (Wildman–Crippen LogP) is 2.78. The number of ether oxygens (including phenoxy) is 1. The van der Waals surface area contributed by atoms with E-state index in [0.717, 1.165) is 18.1 Å². The molecule has 17 heavy (non-hydrogen) atoms. The second-order valence-electron chi connectivity index (χ2n) is 4.30. The van der Waals surface area contributed by atoms with E-state index in [1.54, 1.807) is 0 Å². The van der Waals surface area contributed by atoms with Crippen LogP contribution in [0.1, 0.15) is 23.5 Å². The van der Waals surface area contributed by atoms with Crippen LogP contribution in [0.4, 0.5) is 13.2 Å². The Bertz CT molecular complexity index is 417. The van der Waals surface area contributed by atoms with E-state index in [9.17, 15) is 13.2 Å². The summed E-state index contributed by atoms with van der Waals surface area (Å²) in [7, 11) is 1.25. The van der Waals surface area contributed by atoms with Gasteiger partial charge in [0.05, 0.1) is 12.7 Å². The van der Waals surface area contributed by atoms with E-state index in [1.807, 2.05) is 0 Å². The molecular weight excluding hydrogens is 231 g/mol. The topological polar surface area (TPSA) is 35.2 Å². The lowest BCUT2D eigenvalue weighted by atomic mass is 10.1. The molecule has 0 aromatic heterocycles. The van der Waals surface area contributed by atoms with E-state index in [4.69, 9.17) is 10.5 Å². The Morgan fingerprint density at radius 1 is 1.41 bits per heavy atom. The summed E-state index contributed by atoms with van der Waals surface area (Å²) in [5.74, 6) is 0.574. The van der Waals surface area contributed by atoms with Crippen LogP contribution < -0.4 is 10.5 Å². The molecule has 1 fully saturated rings. The molecule has 94 valence electrons. The Kier molecular flexibility index (Phi) is 3.03. The minimum Gasteiger partial charge on any atom is -0.496 e. The van der Waals surface area contributed by atoms with Crippen molar-refractivity contribution < 1.29 is 17.9 Å². The van der Waals surface area contributed by atoms with Crippen LogP contribution in [-0.2, 0) is 6.18 Å². The van der Waals surface area contributed by atoms with Crippen molar-refractivity contribution >= 4 is 0 Å². The molecule has 0 heterocycles. The van der Waals surface area contributed by atoms with Crippen molar-refractivity contribution in [1.29, 1.82) is 0 Å². The zero-order valence-electron chi connectivity index (χ0n) is 9.42. The summed E-state index contributed by atoms with van der Waals surface area (Å²) < 4.78 is 42.7. The van der Waals surface area contributed by atoms with Gasteiger partial charge >= 0.3 is 6.18 Å². The zero-order chi connectivity index (χ0) is 12.6. The second kappa shape index (κ2) is 4.22. The summed E-state index contributed by atoms with van der Waals surface area (Å²) in [6.45, 7) is 0.577. The van der Waals surface area contributed by atoms with Crippen LogP contribution in [0.15, 0.2) is 18.2 Å². The largest absolute Gasteiger partial charge is 0.496 e. The summed E-state index contributed by atoms with van der Waals surface area (Å²) in [5, 5.41) is 0. The first-order chi connectivity index (χ1) is 7.97. The van der Waals surface area contributed by atoms with Crippen LogP contribution in [0.3, 0.4) is 0 Å². The first kappa shape index (κ1) is 12.2. The van der Waals surface area contributed by atoms with Gasteiger partial charge in [-0.2, -0.15) is 13.2 Å². The Balaban J connectivity index is 2.29. The molecule has 2 unspecified atom stereocenters. The fourth-order valence-electron chi connectivity index (χ4n) is 2.09. The number of rotatable bonds is 3. The average Bonchev–Trinajstić information content (AvgIpc) is 3.06. The monoisotopic (exact) mass is 245 g/mol. The Morgan fingerprint density at radius 2 is 2.12 bits per heavy atom. The van der Waals surface area contributed by atoms with Gasteiger partial charge in [-0.05, 0) is 42.5 Å². The molecule has 5 heteroatoms. The summed E-state index contributed by atoms with van der Waals surface area (Å²) in [6.07, 6.45) is -3.42. The summed E-state index contributed by atoms with van der Waals surface area (Å²) >= 11 is 0. The van der Waals surface area contributed by atoms with E-state index in [-0.39, 0.29) is 11.7 Å². The van der Waals surface area contributed by atoms with Gasteiger partial charge in [0.25, 0.3) is 0 Å². The minimum absolute atomic E-state index is 0.113. The molecule has 1 saturated carbocycles. The smallest absolute Gasteiger partial charge is 0.419 e. The summed E-state index contributed by atoms with van der Waals surface area (Å²) in [5.41, 5.74) is 5.67. The number of benzene rings is 1. The molecule has 0 amide bonds. The van der Waals surface area contributed by atoms with Crippen molar-refractivity contribution in [1.82, 2.24) is 0 Å². The van der Waals surface area contributed by atoms with E-state index in [2.05, 4.69) is 0 Å². The van der Waals surface area contributed by atoms with Crippen molar-refractivity contribution in [3.8, 4) is 5.75 Å². The standard InChI is InChI=1S/C12H14F3NO/c1-17-11-5-7(9-4-8(9)6-16)2-3-10(11)12(13,14)15/h2-3,5,8-9H,4,6,16H2,1H3. The highest BCUT2D eigenvalue weighted by Gasteiger charge is 2.39. The SMILES string of the molecule is COc1cc(C2CC2CN)ccc1C(F)(F)F. The van der Waals surface area contributed by atoms with Gasteiger partial charge in [-0.15, -0.1) is 0 Å². The molecule has 0 spiro atoms. The van der Waals surface area contributed by atoms with Gasteiger partial charge in [-0.25, -0.2) is 0 Å². The van der Waals surface area contributed by atoms with Gasteiger partial charge < -0.3 is 10.5 Å². The molecule has 1 aromatic rings. The van der Waals surface area contributed by atoms with Crippen molar-refractivity contribution in [2.75, 3.05) is 13.7 Å². The highest BCUT2D eigenvalue weighted by atomic mass is 19.4. The maximum Gasteiger partial charge on any atom is 0.419 e. The third-order valence-electron chi connectivity index (χ3n) is 3.18. The molecule has 0 bridgehead atoms. The Morgan fingerprint density at radius 3 is 2.59 bits per heavy atom. The molecule has 1 aromatic carbocycles. The lowest BCUT2D eigenvalue weighted by Gasteiger charge is -2.13. The molecule has 2 nitrogen and oxygen atoms in total. The molecule has 0 saturated heterocycles. The fraction of sp³-hybridized carbons (Fsp3) is 0.500. The van der Waals surface area contributed by atoms with Crippen molar-refractivity contribution in [3.05, 3.63) is 29.3 Å². The molecule has 2 atom stereocenters. The minimum atomic E-state index is -4.37. The number of hydrogen-bond acceptors (Lipinski definition) is 2. The van der Waals surface area contributed by atoms with Gasteiger partial charge in [0.1, 0.15) is 5.75 Å². The number of methoxy groups -OCH3 is 1. The Labute approximate surface area is 97.6 Å². The molecule has 0 aliphatic heterocycles. The molecule has 1 aliphatic rings. The normalized spacial score (nSPS) is 23.6.